The maximum atomic E-state index is 12.6. The Labute approximate surface area is 155 Å². The van der Waals surface area contributed by atoms with Crippen LogP contribution >= 0.6 is 0 Å². The summed E-state index contributed by atoms with van der Waals surface area (Å²) in [4.78, 5) is 23.6. The molecule has 136 valence electrons. The molecule has 0 saturated heterocycles. The van der Waals surface area contributed by atoms with E-state index in [0.717, 1.165) is 11.4 Å². The van der Waals surface area contributed by atoms with E-state index in [9.17, 15) is 9.59 Å². The second-order valence-corrected chi connectivity index (χ2v) is 7.30. The fourth-order valence-electron chi connectivity index (χ4n) is 3.30. The largest absolute Gasteiger partial charge is 0.326 e. The number of nitrogens with one attached hydrogen (secondary N) is 2. The number of aryl methyl sites for hydroxylation is 2. The van der Waals surface area contributed by atoms with Crippen molar-refractivity contribution >= 4 is 23.2 Å². The average Bonchev–Trinajstić information content (AvgIpc) is 3.41. The second kappa shape index (κ2) is 7.73. The van der Waals surface area contributed by atoms with Gasteiger partial charge in [-0.3, -0.25) is 9.59 Å². The molecular formula is C22H26N2O2. The molecule has 1 saturated carbocycles. The van der Waals surface area contributed by atoms with Gasteiger partial charge in [-0.25, -0.2) is 0 Å². The molecule has 1 atom stereocenters. The van der Waals surface area contributed by atoms with E-state index < -0.39 is 0 Å². The summed E-state index contributed by atoms with van der Waals surface area (Å²) in [6.45, 7) is 5.71. The summed E-state index contributed by atoms with van der Waals surface area (Å²) in [5.74, 6) is 0.827. The van der Waals surface area contributed by atoms with Crippen LogP contribution in [0.1, 0.15) is 48.8 Å². The highest BCUT2D eigenvalue weighted by molar-refractivity contribution is 5.92. The monoisotopic (exact) mass is 350 g/mol. The van der Waals surface area contributed by atoms with Crippen molar-refractivity contribution in [2.75, 3.05) is 10.6 Å². The van der Waals surface area contributed by atoms with Crippen LogP contribution in [0.4, 0.5) is 11.4 Å². The van der Waals surface area contributed by atoms with Crippen molar-refractivity contribution < 1.29 is 9.59 Å². The predicted octanol–water partition coefficient (Wildman–Crippen LogP) is 4.78. The van der Waals surface area contributed by atoms with Crippen molar-refractivity contribution in [1.82, 2.24) is 0 Å². The zero-order chi connectivity index (χ0) is 18.7. The molecule has 1 aliphatic carbocycles. The van der Waals surface area contributed by atoms with Gasteiger partial charge in [0.15, 0.2) is 0 Å². The summed E-state index contributed by atoms with van der Waals surface area (Å²) >= 11 is 0. The second-order valence-electron chi connectivity index (χ2n) is 7.30. The van der Waals surface area contributed by atoms with Gasteiger partial charge in [-0.1, -0.05) is 18.2 Å². The van der Waals surface area contributed by atoms with E-state index in [1.54, 1.807) is 12.1 Å². The lowest BCUT2D eigenvalue weighted by molar-refractivity contribution is -0.117. The minimum atomic E-state index is -0.109. The van der Waals surface area contributed by atoms with E-state index in [4.69, 9.17) is 0 Å². The summed E-state index contributed by atoms with van der Waals surface area (Å²) in [7, 11) is 0. The number of amides is 2. The number of carbonyl (C=O) groups is 2. The van der Waals surface area contributed by atoms with Crippen LogP contribution in [0, 0.1) is 19.8 Å². The fourth-order valence-corrected chi connectivity index (χ4v) is 3.30. The van der Waals surface area contributed by atoms with E-state index in [1.807, 2.05) is 12.1 Å². The maximum Gasteiger partial charge on any atom is 0.224 e. The standard InChI is InChI=1S/C22H26N2O2/c1-14-4-5-18(12-15(14)2)21(17-6-7-17)13-22(26)24-20-10-8-19(9-11-20)23-16(3)25/h4-5,8-12,17,21H,6-7,13H2,1-3H3,(H,23,25)(H,24,26). The minimum Gasteiger partial charge on any atom is -0.326 e. The van der Waals surface area contributed by atoms with Gasteiger partial charge in [0.05, 0.1) is 0 Å². The highest BCUT2D eigenvalue weighted by Crippen LogP contribution is 2.44. The third-order valence-electron chi connectivity index (χ3n) is 5.04. The molecule has 0 aliphatic heterocycles. The van der Waals surface area contributed by atoms with Crippen LogP contribution in [-0.4, -0.2) is 11.8 Å². The Morgan fingerprint density at radius 3 is 2.12 bits per heavy atom. The summed E-state index contributed by atoms with van der Waals surface area (Å²) in [6.07, 6.45) is 2.91. The highest BCUT2D eigenvalue weighted by Gasteiger charge is 2.33. The topological polar surface area (TPSA) is 58.2 Å². The number of hydrogen-bond acceptors (Lipinski definition) is 2. The van der Waals surface area contributed by atoms with Gasteiger partial charge >= 0.3 is 0 Å². The first-order valence-corrected chi connectivity index (χ1v) is 9.17. The molecule has 0 aromatic heterocycles. The van der Waals surface area contributed by atoms with E-state index in [0.29, 0.717) is 12.3 Å². The molecular weight excluding hydrogens is 324 g/mol. The number of hydrogen-bond donors (Lipinski definition) is 2. The van der Waals surface area contributed by atoms with E-state index in [-0.39, 0.29) is 17.7 Å². The normalized spacial score (nSPS) is 14.6. The van der Waals surface area contributed by atoms with Crippen LogP contribution in [0.15, 0.2) is 42.5 Å². The maximum absolute atomic E-state index is 12.6. The molecule has 3 rings (SSSR count). The summed E-state index contributed by atoms with van der Waals surface area (Å²) in [5, 5.41) is 5.70. The molecule has 1 unspecified atom stereocenters. The highest BCUT2D eigenvalue weighted by atomic mass is 16.2. The van der Waals surface area contributed by atoms with Crippen molar-refractivity contribution in [3.63, 3.8) is 0 Å². The molecule has 1 fully saturated rings. The third kappa shape index (κ3) is 4.72. The fraction of sp³-hybridized carbons (Fsp3) is 0.364. The van der Waals surface area contributed by atoms with Crippen molar-refractivity contribution in [1.29, 1.82) is 0 Å². The van der Waals surface area contributed by atoms with Crippen LogP contribution in [0.2, 0.25) is 0 Å². The Balaban J connectivity index is 1.65. The number of carbonyl (C=O) groups excluding carboxylic acids is 2. The van der Waals surface area contributed by atoms with Gasteiger partial charge in [0.1, 0.15) is 0 Å². The van der Waals surface area contributed by atoms with Gasteiger partial charge in [0.2, 0.25) is 11.8 Å². The van der Waals surface area contributed by atoms with Gasteiger partial charge in [-0.15, -0.1) is 0 Å². The van der Waals surface area contributed by atoms with E-state index in [1.165, 1.54) is 36.5 Å². The molecule has 4 nitrogen and oxygen atoms in total. The molecule has 0 radical (unpaired) electrons. The Bertz CT molecular complexity index is 807. The molecule has 26 heavy (non-hydrogen) atoms. The molecule has 2 amide bonds. The van der Waals surface area contributed by atoms with Crippen molar-refractivity contribution in [3.8, 4) is 0 Å². The summed E-state index contributed by atoms with van der Waals surface area (Å²) < 4.78 is 0. The lowest BCUT2D eigenvalue weighted by Crippen LogP contribution is -2.17. The average molecular weight is 350 g/mol. The van der Waals surface area contributed by atoms with Crippen LogP contribution in [0.25, 0.3) is 0 Å². The molecule has 2 aromatic carbocycles. The molecule has 0 bridgehead atoms. The smallest absolute Gasteiger partial charge is 0.224 e. The number of benzene rings is 2. The quantitative estimate of drug-likeness (QED) is 0.787. The first-order valence-electron chi connectivity index (χ1n) is 9.17. The Hall–Kier alpha value is -2.62. The number of anilines is 2. The van der Waals surface area contributed by atoms with Crippen molar-refractivity contribution in [2.24, 2.45) is 5.92 Å². The van der Waals surface area contributed by atoms with Crippen molar-refractivity contribution in [2.45, 2.75) is 46.0 Å². The van der Waals surface area contributed by atoms with Gasteiger partial charge in [0, 0.05) is 24.7 Å². The van der Waals surface area contributed by atoms with Crippen LogP contribution < -0.4 is 10.6 Å². The van der Waals surface area contributed by atoms with E-state index >= 15 is 0 Å². The van der Waals surface area contributed by atoms with Gasteiger partial charge < -0.3 is 10.6 Å². The molecule has 2 aromatic rings. The van der Waals surface area contributed by atoms with Crippen LogP contribution in [-0.2, 0) is 9.59 Å². The lowest BCUT2D eigenvalue weighted by Gasteiger charge is -2.18. The van der Waals surface area contributed by atoms with Gasteiger partial charge in [0.25, 0.3) is 0 Å². The first kappa shape index (κ1) is 18.2. The Kier molecular flexibility index (Phi) is 5.40. The van der Waals surface area contributed by atoms with Crippen molar-refractivity contribution in [3.05, 3.63) is 59.2 Å². The zero-order valence-corrected chi connectivity index (χ0v) is 15.6. The molecule has 2 N–H and O–H groups in total. The van der Waals surface area contributed by atoms with Crippen LogP contribution in [0.5, 0.6) is 0 Å². The van der Waals surface area contributed by atoms with Crippen LogP contribution in [0.3, 0.4) is 0 Å². The number of rotatable bonds is 6. The predicted molar refractivity (Wildman–Crippen MR) is 105 cm³/mol. The molecule has 0 spiro atoms. The van der Waals surface area contributed by atoms with Gasteiger partial charge in [-0.05, 0) is 79.5 Å². The molecule has 1 aliphatic rings. The summed E-state index contributed by atoms with van der Waals surface area (Å²) in [6, 6.07) is 13.8. The third-order valence-corrected chi connectivity index (χ3v) is 5.04. The lowest BCUT2D eigenvalue weighted by atomic mass is 9.89. The Morgan fingerprint density at radius 2 is 1.58 bits per heavy atom. The zero-order valence-electron chi connectivity index (χ0n) is 15.6. The SMILES string of the molecule is CC(=O)Nc1ccc(NC(=O)CC(c2ccc(C)c(C)c2)C2CC2)cc1. The molecule has 4 heteroatoms. The van der Waals surface area contributed by atoms with E-state index in [2.05, 4.69) is 42.7 Å². The minimum absolute atomic E-state index is 0.0346. The molecule has 0 heterocycles. The summed E-state index contributed by atoms with van der Waals surface area (Å²) in [5.41, 5.74) is 5.31. The first-order chi connectivity index (χ1) is 12.4. The van der Waals surface area contributed by atoms with Gasteiger partial charge in [-0.2, -0.15) is 0 Å². The Morgan fingerprint density at radius 1 is 0.962 bits per heavy atom.